The predicted octanol–water partition coefficient (Wildman–Crippen LogP) is 2.97. The lowest BCUT2D eigenvalue weighted by molar-refractivity contribution is 0.467. The summed E-state index contributed by atoms with van der Waals surface area (Å²) in [4.78, 5) is 17.8. The summed E-state index contributed by atoms with van der Waals surface area (Å²) < 4.78 is 0. The molecule has 0 aliphatic carbocycles. The Morgan fingerprint density at radius 3 is 2.80 bits per heavy atom. The van der Waals surface area contributed by atoms with E-state index in [2.05, 4.69) is 16.0 Å². The molecule has 2 aromatic rings. The van der Waals surface area contributed by atoms with Crippen LogP contribution in [0.1, 0.15) is 25.3 Å². The van der Waals surface area contributed by atoms with E-state index in [4.69, 9.17) is 0 Å². The van der Waals surface area contributed by atoms with E-state index in [1.54, 1.807) is 11.3 Å². The van der Waals surface area contributed by atoms with Gasteiger partial charge in [-0.2, -0.15) is 0 Å². The van der Waals surface area contributed by atoms with Gasteiger partial charge in [0.05, 0.1) is 15.6 Å². The van der Waals surface area contributed by atoms with Crippen molar-refractivity contribution in [3.05, 3.63) is 34.1 Å². The Morgan fingerprint density at radius 1 is 1.35 bits per heavy atom. The number of hydrogen-bond donors (Lipinski definition) is 2. The third-order valence-corrected chi connectivity index (χ3v) is 4.90. The first-order valence-corrected chi connectivity index (χ1v) is 7.81. The maximum absolute atomic E-state index is 11.6. The summed E-state index contributed by atoms with van der Waals surface area (Å²) in [6.45, 7) is 4.19. The van der Waals surface area contributed by atoms with Crippen LogP contribution in [-0.2, 0) is 6.42 Å². The molecule has 1 aliphatic heterocycles. The minimum absolute atomic E-state index is 0.0855. The van der Waals surface area contributed by atoms with Crippen LogP contribution in [-0.4, -0.2) is 23.2 Å². The van der Waals surface area contributed by atoms with E-state index >= 15 is 0 Å². The van der Waals surface area contributed by atoms with Gasteiger partial charge in [-0.15, -0.1) is 11.3 Å². The number of aromatic hydroxyl groups is 1. The highest BCUT2D eigenvalue weighted by Crippen LogP contribution is 2.37. The van der Waals surface area contributed by atoms with Crippen LogP contribution in [0.4, 0.5) is 5.00 Å². The van der Waals surface area contributed by atoms with Gasteiger partial charge in [-0.05, 0) is 31.4 Å². The van der Waals surface area contributed by atoms with Crippen molar-refractivity contribution in [2.75, 3.05) is 18.0 Å². The molecule has 5 heteroatoms. The first-order valence-electron chi connectivity index (χ1n) is 6.99. The van der Waals surface area contributed by atoms with Crippen LogP contribution in [0.3, 0.4) is 0 Å². The molecule has 106 valence electrons. The zero-order valence-corrected chi connectivity index (χ0v) is 12.3. The van der Waals surface area contributed by atoms with E-state index in [-0.39, 0.29) is 11.3 Å². The van der Waals surface area contributed by atoms with Crippen LogP contribution in [0.15, 0.2) is 23.0 Å². The van der Waals surface area contributed by atoms with Crippen molar-refractivity contribution in [1.82, 2.24) is 4.98 Å². The molecule has 3 rings (SSSR count). The second-order valence-corrected chi connectivity index (χ2v) is 6.12. The molecule has 0 radical (unpaired) electrons. The van der Waals surface area contributed by atoms with Gasteiger partial charge in [0.15, 0.2) is 0 Å². The number of anilines is 1. The largest absolute Gasteiger partial charge is 0.507 e. The molecule has 4 nitrogen and oxygen atoms in total. The van der Waals surface area contributed by atoms with E-state index in [0.29, 0.717) is 6.42 Å². The summed E-state index contributed by atoms with van der Waals surface area (Å²) in [5.74, 6) is 0.0855. The fraction of sp³-hybridized carbons (Fsp3) is 0.400. The summed E-state index contributed by atoms with van der Waals surface area (Å²) in [6.07, 6.45) is 3.18. The second-order valence-electron chi connectivity index (χ2n) is 5.06. The minimum Gasteiger partial charge on any atom is -0.507 e. The number of rotatable bonds is 3. The van der Waals surface area contributed by atoms with Crippen LogP contribution >= 0.6 is 11.3 Å². The third-order valence-electron chi connectivity index (χ3n) is 3.74. The molecule has 0 bridgehead atoms. The first kappa shape index (κ1) is 13.2. The molecule has 3 heterocycles. The highest BCUT2D eigenvalue weighted by Gasteiger charge is 2.17. The quantitative estimate of drug-likeness (QED) is 0.913. The molecule has 20 heavy (non-hydrogen) atoms. The van der Waals surface area contributed by atoms with Crippen molar-refractivity contribution in [1.29, 1.82) is 0 Å². The van der Waals surface area contributed by atoms with Gasteiger partial charge in [0.25, 0.3) is 5.56 Å². The van der Waals surface area contributed by atoms with Gasteiger partial charge in [0.1, 0.15) is 5.75 Å². The summed E-state index contributed by atoms with van der Waals surface area (Å²) in [7, 11) is 0. The highest BCUT2D eigenvalue weighted by molar-refractivity contribution is 7.19. The van der Waals surface area contributed by atoms with Crippen molar-refractivity contribution in [3.8, 4) is 16.3 Å². The van der Waals surface area contributed by atoms with Crippen molar-refractivity contribution >= 4 is 16.3 Å². The van der Waals surface area contributed by atoms with Crippen LogP contribution in [0.5, 0.6) is 5.75 Å². The molecular formula is C15H18N2O2S. The van der Waals surface area contributed by atoms with Crippen LogP contribution in [0.25, 0.3) is 10.6 Å². The van der Waals surface area contributed by atoms with Gasteiger partial charge in [0.2, 0.25) is 0 Å². The Balaban J connectivity index is 2.02. The highest BCUT2D eigenvalue weighted by atomic mass is 32.1. The van der Waals surface area contributed by atoms with Crippen LogP contribution in [0, 0.1) is 0 Å². The number of thiophene rings is 1. The van der Waals surface area contributed by atoms with Crippen molar-refractivity contribution < 1.29 is 5.11 Å². The van der Waals surface area contributed by atoms with Crippen LogP contribution < -0.4 is 10.5 Å². The smallest absolute Gasteiger partial charge is 0.252 e. The number of nitrogens with zero attached hydrogens (tertiary/aromatic N) is 1. The molecule has 0 aromatic carbocycles. The summed E-state index contributed by atoms with van der Waals surface area (Å²) in [5.41, 5.74) is 1.30. The fourth-order valence-electron chi connectivity index (χ4n) is 2.71. The van der Waals surface area contributed by atoms with Gasteiger partial charge >= 0.3 is 0 Å². The van der Waals surface area contributed by atoms with Gasteiger partial charge in [0, 0.05) is 24.7 Å². The standard InChI is InChI=1S/C15H18N2O2S/c1-2-10-11(18)9-13(19)16-15(10)12-5-6-14(20-12)17-7-3-4-8-17/h5-6,9H,2-4,7-8H2,1H3,(H2,16,18,19). The Hall–Kier alpha value is -1.75. The number of H-pyrrole nitrogens is 1. The molecule has 0 unspecified atom stereocenters. The molecule has 1 aliphatic rings. The van der Waals surface area contributed by atoms with Gasteiger partial charge in [-0.3, -0.25) is 4.79 Å². The van der Waals surface area contributed by atoms with E-state index in [1.807, 2.05) is 13.0 Å². The maximum Gasteiger partial charge on any atom is 0.252 e. The van der Waals surface area contributed by atoms with Gasteiger partial charge in [-0.25, -0.2) is 0 Å². The number of nitrogens with one attached hydrogen (secondary N) is 1. The average molecular weight is 290 g/mol. The normalized spacial score (nSPS) is 14.9. The lowest BCUT2D eigenvalue weighted by Crippen LogP contribution is -2.15. The van der Waals surface area contributed by atoms with E-state index in [1.165, 1.54) is 23.9 Å². The molecule has 1 saturated heterocycles. The predicted molar refractivity (Wildman–Crippen MR) is 82.9 cm³/mol. The Morgan fingerprint density at radius 2 is 2.10 bits per heavy atom. The van der Waals surface area contributed by atoms with Gasteiger partial charge in [-0.1, -0.05) is 6.92 Å². The van der Waals surface area contributed by atoms with Gasteiger partial charge < -0.3 is 15.0 Å². The Kier molecular flexibility index (Phi) is 3.53. The molecular weight excluding hydrogens is 272 g/mol. The Bertz CT molecular complexity index is 669. The average Bonchev–Trinajstić information content (AvgIpc) is 3.09. The number of pyridine rings is 1. The van der Waals surface area contributed by atoms with E-state index in [0.717, 1.165) is 29.2 Å². The molecule has 1 fully saturated rings. The van der Waals surface area contributed by atoms with E-state index < -0.39 is 0 Å². The van der Waals surface area contributed by atoms with E-state index in [9.17, 15) is 9.90 Å². The second kappa shape index (κ2) is 5.32. The summed E-state index contributed by atoms with van der Waals surface area (Å²) in [6, 6.07) is 5.38. The zero-order valence-electron chi connectivity index (χ0n) is 11.5. The molecule has 2 N–H and O–H groups in total. The monoisotopic (exact) mass is 290 g/mol. The van der Waals surface area contributed by atoms with Crippen LogP contribution in [0.2, 0.25) is 0 Å². The lowest BCUT2D eigenvalue weighted by atomic mass is 10.1. The fourth-order valence-corrected chi connectivity index (χ4v) is 3.80. The number of aromatic nitrogens is 1. The molecule has 0 spiro atoms. The summed E-state index contributed by atoms with van der Waals surface area (Å²) in [5, 5.41) is 11.2. The van der Waals surface area contributed by atoms with Crippen molar-refractivity contribution in [2.24, 2.45) is 0 Å². The number of hydrogen-bond acceptors (Lipinski definition) is 4. The third kappa shape index (κ3) is 2.33. The van der Waals surface area contributed by atoms with Crippen molar-refractivity contribution in [2.45, 2.75) is 26.2 Å². The molecule has 0 saturated carbocycles. The minimum atomic E-state index is -0.258. The Labute approximate surface area is 121 Å². The zero-order chi connectivity index (χ0) is 14.1. The molecule has 0 amide bonds. The molecule has 2 aromatic heterocycles. The maximum atomic E-state index is 11.6. The first-order chi connectivity index (χ1) is 9.69. The molecule has 0 atom stereocenters. The number of aromatic amines is 1. The summed E-state index contributed by atoms with van der Waals surface area (Å²) >= 11 is 1.67. The topological polar surface area (TPSA) is 56.3 Å². The van der Waals surface area contributed by atoms with Crippen molar-refractivity contribution in [3.63, 3.8) is 0 Å². The lowest BCUT2D eigenvalue weighted by Gasteiger charge is -2.14. The SMILES string of the molecule is CCc1c(O)cc(=O)[nH]c1-c1ccc(N2CCCC2)s1.